The highest BCUT2D eigenvalue weighted by Crippen LogP contribution is 2.24. The van der Waals surface area contributed by atoms with Crippen LogP contribution in [0.25, 0.3) is 0 Å². The second kappa shape index (κ2) is 13.0. The normalized spacial score (nSPS) is 14.1. The molecule has 0 spiro atoms. The number of methoxy groups -OCH3 is 1. The molecule has 9 heteroatoms. The van der Waals surface area contributed by atoms with Gasteiger partial charge in [0.2, 0.25) is 5.91 Å². The molecule has 196 valence electrons. The Balaban J connectivity index is 1.67. The first kappa shape index (κ1) is 27.9. The fourth-order valence-electron chi connectivity index (χ4n) is 4.11. The number of carbonyl (C=O) groups excluding carboxylic acids is 3. The van der Waals surface area contributed by atoms with Crippen LogP contribution in [0.5, 0.6) is 5.75 Å². The van der Waals surface area contributed by atoms with Gasteiger partial charge in [-0.1, -0.05) is 17.9 Å². The van der Waals surface area contributed by atoms with E-state index in [0.29, 0.717) is 11.7 Å². The minimum absolute atomic E-state index is 0.288. The molecule has 1 aliphatic heterocycles. The maximum absolute atomic E-state index is 12.8. The summed E-state index contributed by atoms with van der Waals surface area (Å²) in [6.07, 6.45) is 0.309. The second-order valence-electron chi connectivity index (χ2n) is 8.68. The molecular weight excluding hydrogens is 474 g/mol. The Morgan fingerprint density at radius 1 is 1.14 bits per heavy atom. The maximum atomic E-state index is 12.8. The average Bonchev–Trinajstić information content (AvgIpc) is 2.90. The van der Waals surface area contributed by atoms with Gasteiger partial charge in [0, 0.05) is 62.6 Å². The maximum Gasteiger partial charge on any atom is 0.254 e. The van der Waals surface area contributed by atoms with Crippen LogP contribution in [0.1, 0.15) is 34.0 Å². The topological polar surface area (TPSA) is 108 Å². The number of hydrogen-bond donors (Lipinski definition) is 2. The number of Topliss-reactive ketones (excluding diaryl/α,β-unsaturated/α-hetero) is 1. The first-order valence-electron chi connectivity index (χ1n) is 12.1. The second-order valence-corrected chi connectivity index (χ2v) is 8.68. The number of benzene rings is 2. The number of hydrogen-bond acceptors (Lipinski definition) is 7. The van der Waals surface area contributed by atoms with Crippen LogP contribution >= 0.6 is 0 Å². The lowest BCUT2D eigenvalue weighted by atomic mass is 10.1. The fourth-order valence-corrected chi connectivity index (χ4v) is 4.11. The third-order valence-corrected chi connectivity index (χ3v) is 6.15. The molecular formula is C28H33N3O6. The van der Waals surface area contributed by atoms with Crippen LogP contribution in [0.3, 0.4) is 0 Å². The molecule has 0 aromatic heterocycles. The number of aliphatic hydroxyl groups excluding tert-OH is 1. The quantitative estimate of drug-likeness (QED) is 0.366. The summed E-state index contributed by atoms with van der Waals surface area (Å²) in [7, 11) is 4.35. The summed E-state index contributed by atoms with van der Waals surface area (Å²) >= 11 is 0. The summed E-state index contributed by atoms with van der Waals surface area (Å²) in [4.78, 5) is 40.2. The Morgan fingerprint density at radius 2 is 1.78 bits per heavy atom. The molecule has 0 aliphatic carbocycles. The predicted octanol–water partition coefficient (Wildman–Crippen LogP) is 1.06. The number of rotatable bonds is 10. The van der Waals surface area contributed by atoms with Crippen LogP contribution in [0.15, 0.2) is 42.5 Å². The molecule has 2 N–H and O–H groups in total. The number of nitrogens with one attached hydrogen (secondary N) is 1. The van der Waals surface area contributed by atoms with Gasteiger partial charge in [0.1, 0.15) is 12.4 Å². The van der Waals surface area contributed by atoms with E-state index in [1.807, 2.05) is 25.1 Å². The van der Waals surface area contributed by atoms with Crippen molar-refractivity contribution >= 4 is 17.6 Å². The molecule has 0 bridgehead atoms. The largest absolute Gasteiger partial charge is 0.496 e. The van der Waals surface area contributed by atoms with E-state index in [1.54, 1.807) is 31.4 Å². The van der Waals surface area contributed by atoms with E-state index >= 15 is 0 Å². The average molecular weight is 508 g/mol. The van der Waals surface area contributed by atoms with E-state index in [1.165, 1.54) is 14.1 Å². The number of nitrogens with zero attached hydrogens (tertiary/aromatic N) is 2. The van der Waals surface area contributed by atoms with Crippen molar-refractivity contribution in [2.24, 2.45) is 0 Å². The van der Waals surface area contributed by atoms with Crippen molar-refractivity contribution in [1.82, 2.24) is 15.1 Å². The molecule has 2 aromatic rings. The van der Waals surface area contributed by atoms with Crippen molar-refractivity contribution in [2.75, 3.05) is 47.5 Å². The zero-order valence-corrected chi connectivity index (χ0v) is 21.6. The van der Waals surface area contributed by atoms with Crippen molar-refractivity contribution < 1.29 is 29.0 Å². The van der Waals surface area contributed by atoms with E-state index < -0.39 is 30.2 Å². The van der Waals surface area contributed by atoms with E-state index in [-0.39, 0.29) is 5.56 Å². The van der Waals surface area contributed by atoms with Crippen LogP contribution in [-0.2, 0) is 20.9 Å². The van der Waals surface area contributed by atoms with Gasteiger partial charge in [0.15, 0.2) is 11.8 Å². The van der Waals surface area contributed by atoms with Crippen molar-refractivity contribution in [3.05, 3.63) is 64.7 Å². The zero-order chi connectivity index (χ0) is 26.9. The standard InChI is InChI=1S/C28H33N3O6/c1-5-37-23-16-31(17-23)15-22-13-10-20(14-25(22)36-4)7-6-19-8-11-21(12-9-19)28(35)30(3)26(24(33)18-32)27(34)29-2/h8-14,23,26,32H,5,15-18H2,1-4H3,(H,29,34). The molecule has 2 aromatic carbocycles. The van der Waals surface area contributed by atoms with Crippen molar-refractivity contribution in [2.45, 2.75) is 25.6 Å². The summed E-state index contributed by atoms with van der Waals surface area (Å²) in [5.41, 5.74) is 2.87. The van der Waals surface area contributed by atoms with Gasteiger partial charge in [0.05, 0.1) is 13.2 Å². The van der Waals surface area contributed by atoms with Gasteiger partial charge in [-0.25, -0.2) is 0 Å². The summed E-state index contributed by atoms with van der Waals surface area (Å²) in [5, 5.41) is 11.5. The zero-order valence-electron chi connectivity index (χ0n) is 21.6. The van der Waals surface area contributed by atoms with Gasteiger partial charge in [-0.15, -0.1) is 0 Å². The minimum atomic E-state index is -1.41. The van der Waals surface area contributed by atoms with Crippen molar-refractivity contribution in [3.63, 3.8) is 0 Å². The molecule has 3 rings (SSSR count). The Labute approximate surface area is 217 Å². The SMILES string of the molecule is CCOC1CN(Cc2ccc(C#Cc3ccc(C(=O)N(C)C(C(=O)CO)C(=O)NC)cc3)cc2OC)C1. The Bertz CT molecular complexity index is 1160. The monoisotopic (exact) mass is 507 g/mol. The number of ether oxygens (including phenoxy) is 2. The third kappa shape index (κ3) is 6.95. The molecule has 0 radical (unpaired) electrons. The molecule has 1 saturated heterocycles. The van der Waals surface area contributed by atoms with Gasteiger partial charge < -0.3 is 24.8 Å². The van der Waals surface area contributed by atoms with Crippen LogP contribution < -0.4 is 10.1 Å². The lowest BCUT2D eigenvalue weighted by Crippen LogP contribution is -2.52. The number of ketones is 1. The van der Waals surface area contributed by atoms with E-state index in [4.69, 9.17) is 9.47 Å². The third-order valence-electron chi connectivity index (χ3n) is 6.15. The lowest BCUT2D eigenvalue weighted by molar-refractivity contribution is -0.135. The van der Waals surface area contributed by atoms with Gasteiger partial charge in [-0.3, -0.25) is 19.3 Å². The van der Waals surface area contributed by atoms with Gasteiger partial charge in [-0.2, -0.15) is 0 Å². The molecule has 1 atom stereocenters. The number of amides is 2. The van der Waals surface area contributed by atoms with E-state index in [0.717, 1.165) is 48.0 Å². The van der Waals surface area contributed by atoms with Crippen LogP contribution in [0.2, 0.25) is 0 Å². The highest BCUT2D eigenvalue weighted by atomic mass is 16.5. The number of aliphatic hydroxyl groups is 1. The summed E-state index contributed by atoms with van der Waals surface area (Å²) < 4.78 is 11.2. The Kier molecular flexibility index (Phi) is 9.80. The van der Waals surface area contributed by atoms with Crippen LogP contribution in [0, 0.1) is 11.8 Å². The fraction of sp³-hybridized carbons (Fsp3) is 0.393. The number of carbonyl (C=O) groups is 3. The molecule has 1 fully saturated rings. The smallest absolute Gasteiger partial charge is 0.254 e. The molecule has 1 aliphatic rings. The molecule has 0 saturated carbocycles. The first-order valence-corrected chi connectivity index (χ1v) is 12.1. The molecule has 2 amide bonds. The first-order chi connectivity index (χ1) is 17.8. The number of likely N-dealkylation sites (tertiary alicyclic amines) is 1. The van der Waals surface area contributed by atoms with Gasteiger partial charge in [0.25, 0.3) is 5.91 Å². The molecule has 37 heavy (non-hydrogen) atoms. The molecule has 1 heterocycles. The number of likely N-dealkylation sites (N-methyl/N-ethyl adjacent to an activating group) is 2. The highest BCUT2D eigenvalue weighted by molar-refractivity contribution is 6.10. The van der Waals surface area contributed by atoms with Crippen LogP contribution in [-0.4, -0.2) is 92.2 Å². The van der Waals surface area contributed by atoms with E-state index in [2.05, 4.69) is 22.1 Å². The minimum Gasteiger partial charge on any atom is -0.496 e. The van der Waals surface area contributed by atoms with E-state index in [9.17, 15) is 19.5 Å². The van der Waals surface area contributed by atoms with Crippen molar-refractivity contribution in [1.29, 1.82) is 0 Å². The predicted molar refractivity (Wildman–Crippen MR) is 138 cm³/mol. The molecule has 9 nitrogen and oxygen atoms in total. The van der Waals surface area contributed by atoms with Crippen LogP contribution in [0.4, 0.5) is 0 Å². The Hall–Kier alpha value is -3.71. The van der Waals surface area contributed by atoms with Gasteiger partial charge in [-0.05, 0) is 43.3 Å². The highest BCUT2D eigenvalue weighted by Gasteiger charge is 2.32. The Morgan fingerprint density at radius 3 is 2.38 bits per heavy atom. The van der Waals surface area contributed by atoms with Gasteiger partial charge >= 0.3 is 0 Å². The summed E-state index contributed by atoms with van der Waals surface area (Å²) in [6, 6.07) is 11.0. The lowest BCUT2D eigenvalue weighted by Gasteiger charge is -2.38. The summed E-state index contributed by atoms with van der Waals surface area (Å²) in [6.45, 7) is 4.51. The van der Waals surface area contributed by atoms with Crippen molar-refractivity contribution in [3.8, 4) is 17.6 Å². The summed E-state index contributed by atoms with van der Waals surface area (Å²) in [5.74, 6) is 5.02. The molecule has 1 unspecified atom stereocenters.